The Bertz CT molecular complexity index is 794. The molecule has 6 nitrogen and oxygen atoms in total. The molecule has 1 aromatic carbocycles. The third-order valence-corrected chi connectivity index (χ3v) is 4.03. The fourth-order valence-corrected chi connectivity index (χ4v) is 2.80. The van der Waals surface area contributed by atoms with Crippen molar-refractivity contribution in [3.05, 3.63) is 39.7 Å². The van der Waals surface area contributed by atoms with Crippen LogP contribution in [0.5, 0.6) is 5.75 Å². The van der Waals surface area contributed by atoms with Crippen LogP contribution < -0.4 is 10.9 Å². The summed E-state index contributed by atoms with van der Waals surface area (Å²) in [4.78, 5) is 23.1. The number of aliphatic carboxylic acids is 1. The Morgan fingerprint density at radius 1 is 1.33 bits per heavy atom. The highest BCUT2D eigenvalue weighted by atomic mass is 16.4. The van der Waals surface area contributed by atoms with E-state index in [1.165, 1.54) is 6.07 Å². The maximum absolute atomic E-state index is 11.8. The van der Waals surface area contributed by atoms with E-state index in [-0.39, 0.29) is 18.2 Å². The first-order chi connectivity index (χ1) is 11.3. The van der Waals surface area contributed by atoms with Gasteiger partial charge < -0.3 is 14.6 Å². The minimum atomic E-state index is -0.960. The average Bonchev–Trinajstić information content (AvgIpc) is 2.49. The van der Waals surface area contributed by atoms with E-state index < -0.39 is 17.6 Å². The zero-order valence-electron chi connectivity index (χ0n) is 14.1. The number of phenolic OH excluding ortho intramolecular Hbond substituents is 1. The Balaban J connectivity index is 2.47. The molecule has 2 aromatic rings. The number of nitrogens with one attached hydrogen (secondary N) is 1. The van der Waals surface area contributed by atoms with Crippen LogP contribution in [0.2, 0.25) is 0 Å². The molecule has 0 aliphatic carbocycles. The Hall–Kier alpha value is -2.34. The van der Waals surface area contributed by atoms with E-state index in [4.69, 9.17) is 4.42 Å². The Morgan fingerprint density at radius 2 is 2.04 bits per heavy atom. The third-order valence-electron chi connectivity index (χ3n) is 4.03. The molecule has 0 saturated carbocycles. The van der Waals surface area contributed by atoms with Gasteiger partial charge >= 0.3 is 11.6 Å². The maximum Gasteiger partial charge on any atom is 0.336 e. The molecular weight excluding hydrogens is 310 g/mol. The molecule has 0 radical (unpaired) electrons. The molecule has 1 aromatic heterocycles. The molecule has 1 heterocycles. The van der Waals surface area contributed by atoms with E-state index in [1.807, 2.05) is 6.92 Å². The molecule has 0 amide bonds. The van der Waals surface area contributed by atoms with Gasteiger partial charge in [-0.05, 0) is 30.0 Å². The number of aromatic hydroxyl groups is 1. The van der Waals surface area contributed by atoms with Crippen molar-refractivity contribution in [2.45, 2.75) is 46.2 Å². The van der Waals surface area contributed by atoms with Crippen LogP contribution in [0.15, 0.2) is 27.4 Å². The molecule has 0 fully saturated rings. The second-order valence-electron chi connectivity index (χ2n) is 6.22. The number of hydrogen-bond donors (Lipinski definition) is 3. The van der Waals surface area contributed by atoms with Gasteiger partial charge in [-0.15, -0.1) is 0 Å². The fourth-order valence-electron chi connectivity index (χ4n) is 2.80. The van der Waals surface area contributed by atoms with Crippen molar-refractivity contribution in [2.24, 2.45) is 5.92 Å². The minimum absolute atomic E-state index is 0.0281. The number of carboxylic acids is 1. The topological polar surface area (TPSA) is 99.8 Å². The van der Waals surface area contributed by atoms with Gasteiger partial charge in [0.15, 0.2) is 0 Å². The second kappa shape index (κ2) is 7.49. The van der Waals surface area contributed by atoms with Crippen LogP contribution >= 0.6 is 0 Å². The average molecular weight is 333 g/mol. The summed E-state index contributed by atoms with van der Waals surface area (Å²) < 4.78 is 5.31. The highest BCUT2D eigenvalue weighted by molar-refractivity contribution is 5.85. The molecular formula is C18H23NO5. The molecule has 3 N–H and O–H groups in total. The van der Waals surface area contributed by atoms with Crippen molar-refractivity contribution in [1.29, 1.82) is 0 Å². The van der Waals surface area contributed by atoms with Crippen LogP contribution in [0, 0.1) is 5.92 Å². The van der Waals surface area contributed by atoms with Crippen molar-refractivity contribution in [2.75, 3.05) is 0 Å². The van der Waals surface area contributed by atoms with Gasteiger partial charge in [0.1, 0.15) is 17.4 Å². The first-order valence-corrected chi connectivity index (χ1v) is 8.08. The summed E-state index contributed by atoms with van der Waals surface area (Å²) in [6.45, 7) is 5.71. The van der Waals surface area contributed by atoms with E-state index in [0.29, 0.717) is 11.1 Å². The summed E-state index contributed by atoms with van der Waals surface area (Å²) in [5.74, 6) is -1.11. The summed E-state index contributed by atoms with van der Waals surface area (Å²) in [5, 5.41) is 23.1. The fraction of sp³-hybridized carbons (Fsp3) is 0.444. The molecule has 24 heavy (non-hydrogen) atoms. The Morgan fingerprint density at radius 3 is 2.62 bits per heavy atom. The van der Waals surface area contributed by atoms with Gasteiger partial charge in [-0.2, -0.15) is 0 Å². The van der Waals surface area contributed by atoms with Gasteiger partial charge in [0.05, 0.1) is 5.56 Å². The molecule has 0 aliphatic heterocycles. The zero-order chi connectivity index (χ0) is 17.9. The van der Waals surface area contributed by atoms with E-state index in [9.17, 15) is 19.8 Å². The molecule has 0 spiro atoms. The molecule has 1 unspecified atom stereocenters. The van der Waals surface area contributed by atoms with Crippen molar-refractivity contribution < 1.29 is 19.4 Å². The van der Waals surface area contributed by atoms with Crippen molar-refractivity contribution in [3.8, 4) is 5.75 Å². The number of phenols is 1. The lowest BCUT2D eigenvalue weighted by atomic mass is 10.0. The minimum Gasteiger partial charge on any atom is -0.507 e. The van der Waals surface area contributed by atoms with E-state index in [0.717, 1.165) is 23.8 Å². The first-order valence-electron chi connectivity index (χ1n) is 8.08. The number of rotatable bonds is 7. The lowest BCUT2D eigenvalue weighted by Gasteiger charge is -2.19. The Labute approximate surface area is 140 Å². The monoisotopic (exact) mass is 333 g/mol. The molecule has 0 aliphatic rings. The standard InChI is InChI=1S/C18H23NO5/c1-4-5-11-8-15(21)24-17-12(11)6-7-14(20)13(17)9-19-16(10(2)3)18(22)23/h6-8,10,16,19-20H,4-5,9H2,1-3H3,(H,22,23). The lowest BCUT2D eigenvalue weighted by Crippen LogP contribution is -2.40. The van der Waals surface area contributed by atoms with Gasteiger partial charge in [-0.1, -0.05) is 27.2 Å². The van der Waals surface area contributed by atoms with E-state index >= 15 is 0 Å². The van der Waals surface area contributed by atoms with Gasteiger partial charge in [-0.3, -0.25) is 10.1 Å². The summed E-state index contributed by atoms with van der Waals surface area (Å²) in [6, 6.07) is 3.97. The smallest absolute Gasteiger partial charge is 0.336 e. The van der Waals surface area contributed by atoms with E-state index in [2.05, 4.69) is 5.32 Å². The number of benzene rings is 1. The number of carboxylic acid groups (broad SMARTS) is 1. The van der Waals surface area contributed by atoms with Crippen molar-refractivity contribution in [1.82, 2.24) is 5.32 Å². The quantitative estimate of drug-likeness (QED) is 0.674. The third kappa shape index (κ3) is 3.76. The van der Waals surface area contributed by atoms with E-state index in [1.54, 1.807) is 26.0 Å². The largest absolute Gasteiger partial charge is 0.507 e. The number of carbonyl (C=O) groups is 1. The highest BCUT2D eigenvalue weighted by Crippen LogP contribution is 2.29. The molecule has 1 atom stereocenters. The summed E-state index contributed by atoms with van der Waals surface area (Å²) in [6.07, 6.45) is 1.60. The van der Waals surface area contributed by atoms with Crippen LogP contribution in [0.4, 0.5) is 0 Å². The van der Waals surface area contributed by atoms with Gasteiger partial charge in [0.2, 0.25) is 0 Å². The second-order valence-corrected chi connectivity index (χ2v) is 6.22. The molecule has 130 valence electrons. The number of aryl methyl sites for hydroxylation is 1. The number of fused-ring (bicyclic) bond motifs is 1. The van der Waals surface area contributed by atoms with Crippen LogP contribution in [-0.4, -0.2) is 22.2 Å². The summed E-state index contributed by atoms with van der Waals surface area (Å²) >= 11 is 0. The van der Waals surface area contributed by atoms with Crippen molar-refractivity contribution >= 4 is 16.9 Å². The maximum atomic E-state index is 11.8. The normalized spacial score (nSPS) is 12.7. The van der Waals surface area contributed by atoms with Gasteiger partial charge in [0.25, 0.3) is 0 Å². The molecule has 6 heteroatoms. The molecule has 2 rings (SSSR count). The zero-order valence-corrected chi connectivity index (χ0v) is 14.1. The first kappa shape index (κ1) is 18.0. The predicted octanol–water partition coefficient (Wildman–Crippen LogP) is 2.65. The summed E-state index contributed by atoms with van der Waals surface area (Å²) in [5.41, 5.74) is 1.10. The lowest BCUT2D eigenvalue weighted by molar-refractivity contribution is -0.140. The van der Waals surface area contributed by atoms with Crippen LogP contribution in [0.1, 0.15) is 38.3 Å². The highest BCUT2D eigenvalue weighted by Gasteiger charge is 2.22. The summed E-state index contributed by atoms with van der Waals surface area (Å²) in [7, 11) is 0. The molecule has 0 saturated heterocycles. The van der Waals surface area contributed by atoms with Crippen LogP contribution in [0.25, 0.3) is 11.0 Å². The van der Waals surface area contributed by atoms with Crippen LogP contribution in [0.3, 0.4) is 0 Å². The van der Waals surface area contributed by atoms with Gasteiger partial charge in [0, 0.05) is 18.0 Å². The number of hydrogen-bond acceptors (Lipinski definition) is 5. The SMILES string of the molecule is CCCc1cc(=O)oc2c(CNC(C(=O)O)C(C)C)c(O)ccc12. The molecule has 0 bridgehead atoms. The van der Waals surface area contributed by atoms with Crippen molar-refractivity contribution in [3.63, 3.8) is 0 Å². The predicted molar refractivity (Wildman–Crippen MR) is 91.2 cm³/mol. The Kier molecular flexibility index (Phi) is 5.62. The van der Waals surface area contributed by atoms with Gasteiger partial charge in [-0.25, -0.2) is 4.79 Å². The van der Waals surface area contributed by atoms with Crippen LogP contribution in [-0.2, 0) is 17.8 Å².